The van der Waals surface area contributed by atoms with Crippen molar-refractivity contribution in [2.75, 3.05) is 26.2 Å². The molecule has 0 saturated carbocycles. The van der Waals surface area contributed by atoms with Gasteiger partial charge in [0.15, 0.2) is 0 Å². The first-order chi connectivity index (χ1) is 9.68. The van der Waals surface area contributed by atoms with Crippen LogP contribution in [0.2, 0.25) is 0 Å². The van der Waals surface area contributed by atoms with E-state index in [0.29, 0.717) is 24.2 Å². The Balaban J connectivity index is 1.92. The van der Waals surface area contributed by atoms with Crippen LogP contribution in [0.25, 0.3) is 11.0 Å². The van der Waals surface area contributed by atoms with Gasteiger partial charge in [0, 0.05) is 38.6 Å². The molecule has 2 aromatic heterocycles. The number of rotatable bonds is 2. The smallest absolute Gasteiger partial charge is 0.295 e. The number of piperazine rings is 1. The summed E-state index contributed by atoms with van der Waals surface area (Å²) < 4.78 is 0. The van der Waals surface area contributed by atoms with Gasteiger partial charge in [0.1, 0.15) is 0 Å². The SMILES string of the molecule is Cc1ccnc2c(C(=O)C(=O)N3CCNCC3)c[nH]c12. The van der Waals surface area contributed by atoms with Crippen LogP contribution in [0.1, 0.15) is 15.9 Å². The van der Waals surface area contributed by atoms with Crippen molar-refractivity contribution in [1.29, 1.82) is 0 Å². The van der Waals surface area contributed by atoms with Gasteiger partial charge in [0.25, 0.3) is 11.7 Å². The zero-order chi connectivity index (χ0) is 14.1. The van der Waals surface area contributed by atoms with Crippen molar-refractivity contribution in [3.8, 4) is 0 Å². The van der Waals surface area contributed by atoms with Gasteiger partial charge in [0.2, 0.25) is 0 Å². The van der Waals surface area contributed by atoms with Gasteiger partial charge in [-0.05, 0) is 18.6 Å². The highest BCUT2D eigenvalue weighted by molar-refractivity contribution is 6.44. The van der Waals surface area contributed by atoms with Crippen molar-refractivity contribution >= 4 is 22.7 Å². The number of nitrogens with zero attached hydrogens (tertiary/aromatic N) is 2. The molecule has 6 nitrogen and oxygen atoms in total. The normalized spacial score (nSPS) is 15.6. The van der Waals surface area contributed by atoms with E-state index in [2.05, 4.69) is 15.3 Å². The van der Waals surface area contributed by atoms with E-state index >= 15 is 0 Å². The Labute approximate surface area is 116 Å². The molecular formula is C14H16N4O2. The van der Waals surface area contributed by atoms with Gasteiger partial charge in [-0.2, -0.15) is 0 Å². The number of aromatic nitrogens is 2. The second kappa shape index (κ2) is 5.05. The second-order valence-electron chi connectivity index (χ2n) is 4.93. The van der Waals surface area contributed by atoms with Crippen LogP contribution in [-0.2, 0) is 4.79 Å². The minimum absolute atomic E-state index is 0.354. The number of aryl methyl sites for hydroxylation is 1. The zero-order valence-electron chi connectivity index (χ0n) is 11.3. The molecule has 3 rings (SSSR count). The molecule has 0 spiro atoms. The minimum atomic E-state index is -0.490. The van der Waals surface area contributed by atoms with Gasteiger partial charge in [0.05, 0.1) is 16.6 Å². The van der Waals surface area contributed by atoms with Crippen LogP contribution in [0.3, 0.4) is 0 Å². The first-order valence-corrected chi connectivity index (χ1v) is 6.65. The molecule has 0 bridgehead atoms. The quantitative estimate of drug-likeness (QED) is 0.616. The van der Waals surface area contributed by atoms with E-state index < -0.39 is 11.7 Å². The molecule has 1 aliphatic rings. The number of carbonyl (C=O) groups is 2. The molecule has 3 heterocycles. The third-order valence-electron chi connectivity index (χ3n) is 3.62. The number of Topliss-reactive ketones (excluding diaryl/α,β-unsaturated/α-hetero) is 1. The zero-order valence-corrected chi connectivity index (χ0v) is 11.3. The Kier molecular flexibility index (Phi) is 3.23. The molecule has 0 unspecified atom stereocenters. The molecular weight excluding hydrogens is 256 g/mol. The molecule has 0 aliphatic carbocycles. The Bertz CT molecular complexity index is 671. The second-order valence-corrected chi connectivity index (χ2v) is 4.93. The number of ketones is 1. The minimum Gasteiger partial charge on any atom is -0.359 e. The Morgan fingerprint density at radius 3 is 2.80 bits per heavy atom. The average Bonchev–Trinajstić information content (AvgIpc) is 2.92. The number of carbonyl (C=O) groups excluding carboxylic acids is 2. The lowest BCUT2D eigenvalue weighted by Crippen LogP contribution is -2.48. The molecule has 1 fully saturated rings. The largest absolute Gasteiger partial charge is 0.359 e. The van der Waals surface area contributed by atoms with E-state index in [1.54, 1.807) is 17.3 Å². The van der Waals surface area contributed by atoms with E-state index in [1.807, 2.05) is 13.0 Å². The lowest BCUT2D eigenvalue weighted by atomic mass is 10.1. The topological polar surface area (TPSA) is 78.1 Å². The van der Waals surface area contributed by atoms with Gasteiger partial charge in [-0.3, -0.25) is 14.6 Å². The van der Waals surface area contributed by atoms with Crippen molar-refractivity contribution in [1.82, 2.24) is 20.2 Å². The summed E-state index contributed by atoms with van der Waals surface area (Å²) in [6.45, 7) is 4.53. The number of amides is 1. The maximum absolute atomic E-state index is 12.4. The third kappa shape index (κ3) is 2.08. The summed E-state index contributed by atoms with van der Waals surface area (Å²) in [5, 5.41) is 3.16. The summed E-state index contributed by atoms with van der Waals surface area (Å²) in [5.41, 5.74) is 2.73. The number of H-pyrrole nitrogens is 1. The summed E-state index contributed by atoms with van der Waals surface area (Å²) in [4.78, 5) is 33.4. The van der Waals surface area contributed by atoms with E-state index in [9.17, 15) is 9.59 Å². The van der Waals surface area contributed by atoms with Crippen LogP contribution >= 0.6 is 0 Å². The molecule has 1 amide bonds. The first kappa shape index (κ1) is 12.8. The van der Waals surface area contributed by atoms with Crippen LogP contribution in [0, 0.1) is 6.92 Å². The fraction of sp³-hybridized carbons (Fsp3) is 0.357. The standard InChI is InChI=1S/C14H16N4O2/c1-9-2-3-16-12-10(8-17-11(9)12)13(19)14(20)18-6-4-15-5-7-18/h2-3,8,15,17H,4-7H2,1H3. The summed E-state index contributed by atoms with van der Waals surface area (Å²) in [6.07, 6.45) is 3.23. The predicted octanol–water partition coefficient (Wildman–Crippen LogP) is 0.486. The van der Waals surface area contributed by atoms with Crippen molar-refractivity contribution in [3.05, 3.63) is 29.6 Å². The van der Waals surface area contributed by atoms with Crippen LogP contribution in [-0.4, -0.2) is 52.7 Å². The van der Waals surface area contributed by atoms with Crippen molar-refractivity contribution in [2.24, 2.45) is 0 Å². The summed E-state index contributed by atoms with van der Waals surface area (Å²) in [6, 6.07) is 1.87. The fourth-order valence-corrected chi connectivity index (χ4v) is 2.46. The Hall–Kier alpha value is -2.21. The van der Waals surface area contributed by atoms with Gasteiger partial charge < -0.3 is 15.2 Å². The Morgan fingerprint density at radius 1 is 1.30 bits per heavy atom. The summed E-state index contributed by atoms with van der Waals surface area (Å²) >= 11 is 0. The monoisotopic (exact) mass is 272 g/mol. The van der Waals surface area contributed by atoms with E-state index in [-0.39, 0.29) is 0 Å². The van der Waals surface area contributed by atoms with Gasteiger partial charge in [-0.1, -0.05) is 0 Å². The van der Waals surface area contributed by atoms with Gasteiger partial charge in [-0.15, -0.1) is 0 Å². The van der Waals surface area contributed by atoms with Crippen LogP contribution in [0.15, 0.2) is 18.5 Å². The maximum atomic E-state index is 12.4. The third-order valence-corrected chi connectivity index (χ3v) is 3.62. The molecule has 2 N–H and O–H groups in total. The van der Waals surface area contributed by atoms with Gasteiger partial charge in [-0.25, -0.2) is 0 Å². The predicted molar refractivity (Wildman–Crippen MR) is 74.6 cm³/mol. The number of fused-ring (bicyclic) bond motifs is 1. The Morgan fingerprint density at radius 2 is 2.05 bits per heavy atom. The number of aromatic amines is 1. The highest BCUT2D eigenvalue weighted by Crippen LogP contribution is 2.19. The molecule has 0 atom stereocenters. The molecule has 1 saturated heterocycles. The van der Waals surface area contributed by atoms with Crippen molar-refractivity contribution in [3.63, 3.8) is 0 Å². The fourth-order valence-electron chi connectivity index (χ4n) is 2.46. The lowest BCUT2D eigenvalue weighted by molar-refractivity contribution is -0.126. The van der Waals surface area contributed by atoms with Crippen LogP contribution < -0.4 is 5.32 Å². The first-order valence-electron chi connectivity index (χ1n) is 6.65. The number of pyridine rings is 1. The van der Waals surface area contributed by atoms with E-state index in [1.165, 1.54) is 0 Å². The molecule has 0 aromatic carbocycles. The van der Waals surface area contributed by atoms with Crippen LogP contribution in [0.4, 0.5) is 0 Å². The van der Waals surface area contributed by atoms with E-state index in [0.717, 1.165) is 24.2 Å². The summed E-state index contributed by atoms with van der Waals surface area (Å²) in [5.74, 6) is -0.938. The number of hydrogen-bond donors (Lipinski definition) is 2. The highest BCUT2D eigenvalue weighted by Gasteiger charge is 2.26. The van der Waals surface area contributed by atoms with Gasteiger partial charge >= 0.3 is 0 Å². The molecule has 6 heteroatoms. The summed E-state index contributed by atoms with van der Waals surface area (Å²) in [7, 11) is 0. The maximum Gasteiger partial charge on any atom is 0.295 e. The molecule has 0 radical (unpaired) electrons. The van der Waals surface area contributed by atoms with Crippen LogP contribution in [0.5, 0.6) is 0 Å². The van der Waals surface area contributed by atoms with Crippen molar-refractivity contribution in [2.45, 2.75) is 6.92 Å². The average molecular weight is 272 g/mol. The number of hydrogen-bond acceptors (Lipinski definition) is 4. The molecule has 104 valence electrons. The molecule has 20 heavy (non-hydrogen) atoms. The number of nitrogens with one attached hydrogen (secondary N) is 2. The lowest BCUT2D eigenvalue weighted by Gasteiger charge is -2.26. The van der Waals surface area contributed by atoms with Crippen molar-refractivity contribution < 1.29 is 9.59 Å². The molecule has 2 aromatic rings. The highest BCUT2D eigenvalue weighted by atomic mass is 16.2. The molecule has 1 aliphatic heterocycles. The van der Waals surface area contributed by atoms with E-state index in [4.69, 9.17) is 0 Å².